The van der Waals surface area contributed by atoms with E-state index in [-0.39, 0.29) is 11.3 Å². The van der Waals surface area contributed by atoms with Gasteiger partial charge in [-0.25, -0.2) is 4.98 Å². The predicted octanol–water partition coefficient (Wildman–Crippen LogP) is 4.65. The fourth-order valence-electron chi connectivity index (χ4n) is 3.05. The Morgan fingerprint density at radius 1 is 0.962 bits per heavy atom. The second-order valence-electron chi connectivity index (χ2n) is 5.96. The smallest absolute Gasteiger partial charge is 0.231 e. The van der Waals surface area contributed by atoms with Crippen LogP contribution >= 0.6 is 0 Å². The Balaban J connectivity index is 2.05. The summed E-state index contributed by atoms with van der Waals surface area (Å²) in [5.74, 6) is 0.668. The van der Waals surface area contributed by atoms with Crippen LogP contribution in [-0.2, 0) is 0 Å². The van der Waals surface area contributed by atoms with Gasteiger partial charge in [-0.15, -0.1) is 0 Å². The molecule has 26 heavy (non-hydrogen) atoms. The maximum absolute atomic E-state index is 12.7. The highest BCUT2D eigenvalue weighted by molar-refractivity contribution is 5.75. The van der Waals surface area contributed by atoms with Crippen molar-refractivity contribution >= 4 is 0 Å². The molecule has 2 aromatic rings. The maximum Gasteiger partial charge on any atom is 0.231 e. The molecule has 4 nitrogen and oxygen atoms in total. The van der Waals surface area contributed by atoms with E-state index in [0.717, 1.165) is 11.1 Å². The molecule has 0 radical (unpaired) electrons. The zero-order valence-electron chi connectivity index (χ0n) is 14.1. The lowest BCUT2D eigenvalue weighted by Gasteiger charge is -2.14. The van der Waals surface area contributed by atoms with Crippen LogP contribution in [0.3, 0.4) is 0 Å². The number of rotatable bonds is 2. The maximum atomic E-state index is 12.7. The second-order valence-corrected chi connectivity index (χ2v) is 5.96. The summed E-state index contributed by atoms with van der Waals surface area (Å²) >= 11 is 0. The first-order chi connectivity index (χ1) is 12.7. The van der Waals surface area contributed by atoms with Crippen LogP contribution in [0.1, 0.15) is 11.1 Å². The minimum Gasteiger partial charge on any atom is -0.436 e. The SMILES string of the molecule is Cc1c(C#N)c(-c2ccccc2)oc2nc(-c3ccccc3)cc(=O)c1-2. The molecule has 2 aromatic carbocycles. The minimum atomic E-state index is -0.203. The Morgan fingerprint density at radius 3 is 2.19 bits per heavy atom. The van der Waals surface area contributed by atoms with Gasteiger partial charge in [0.2, 0.25) is 5.89 Å². The molecule has 4 rings (SSSR count). The number of nitrogens with zero attached hydrogens (tertiary/aromatic N) is 2. The number of aromatic nitrogens is 1. The molecule has 2 aliphatic heterocycles. The van der Waals surface area contributed by atoms with Crippen LogP contribution in [0.5, 0.6) is 0 Å². The molecule has 0 aliphatic carbocycles. The summed E-state index contributed by atoms with van der Waals surface area (Å²) in [6, 6.07) is 22.5. The highest BCUT2D eigenvalue weighted by atomic mass is 16.3. The highest BCUT2D eigenvalue weighted by Gasteiger charge is 2.23. The lowest BCUT2D eigenvalue weighted by atomic mass is 9.98. The quantitative estimate of drug-likeness (QED) is 0.533. The van der Waals surface area contributed by atoms with E-state index in [1.54, 1.807) is 6.92 Å². The van der Waals surface area contributed by atoms with Gasteiger partial charge in [0.05, 0.1) is 16.8 Å². The molecule has 0 aromatic heterocycles. The summed E-state index contributed by atoms with van der Waals surface area (Å²) in [7, 11) is 0. The van der Waals surface area contributed by atoms with Crippen molar-refractivity contribution in [1.29, 1.82) is 5.26 Å². The molecule has 0 fully saturated rings. The topological polar surface area (TPSA) is 66.9 Å². The first-order valence-corrected chi connectivity index (χ1v) is 8.18. The third-order valence-corrected chi connectivity index (χ3v) is 4.34. The van der Waals surface area contributed by atoms with Gasteiger partial charge in [-0.1, -0.05) is 60.7 Å². The van der Waals surface area contributed by atoms with Gasteiger partial charge in [-0.05, 0) is 12.5 Å². The van der Waals surface area contributed by atoms with E-state index in [2.05, 4.69) is 11.1 Å². The molecule has 2 heterocycles. The van der Waals surface area contributed by atoms with Gasteiger partial charge in [0.15, 0.2) is 11.2 Å². The molecule has 0 atom stereocenters. The van der Waals surface area contributed by atoms with Crippen molar-refractivity contribution in [1.82, 2.24) is 4.98 Å². The van der Waals surface area contributed by atoms with E-state index in [1.165, 1.54) is 6.07 Å². The average Bonchev–Trinajstić information content (AvgIpc) is 2.68. The third-order valence-electron chi connectivity index (χ3n) is 4.34. The second kappa shape index (κ2) is 6.30. The molecule has 124 valence electrons. The molecule has 0 spiro atoms. The fourth-order valence-corrected chi connectivity index (χ4v) is 3.05. The fraction of sp³-hybridized carbons (Fsp3) is 0.0455. The first-order valence-electron chi connectivity index (χ1n) is 8.18. The average molecular weight is 338 g/mol. The van der Waals surface area contributed by atoms with Crippen molar-refractivity contribution in [2.24, 2.45) is 0 Å². The summed E-state index contributed by atoms with van der Waals surface area (Å²) in [4.78, 5) is 17.3. The van der Waals surface area contributed by atoms with Crippen LogP contribution in [-0.4, -0.2) is 4.98 Å². The van der Waals surface area contributed by atoms with Crippen molar-refractivity contribution < 1.29 is 4.42 Å². The van der Waals surface area contributed by atoms with E-state index in [1.807, 2.05) is 60.7 Å². The van der Waals surface area contributed by atoms with Crippen LogP contribution in [0.15, 0.2) is 75.9 Å². The van der Waals surface area contributed by atoms with E-state index in [9.17, 15) is 10.1 Å². The summed E-state index contributed by atoms with van der Waals surface area (Å²) < 4.78 is 5.96. The summed E-state index contributed by atoms with van der Waals surface area (Å²) in [6.45, 7) is 1.76. The predicted molar refractivity (Wildman–Crippen MR) is 99.7 cm³/mol. The van der Waals surface area contributed by atoms with Gasteiger partial charge in [0.1, 0.15) is 6.07 Å². The van der Waals surface area contributed by atoms with Crippen LogP contribution in [0, 0.1) is 18.3 Å². The van der Waals surface area contributed by atoms with Gasteiger partial charge in [-0.2, -0.15) is 5.26 Å². The number of fused-ring (bicyclic) bond motifs is 1. The third kappa shape index (κ3) is 2.56. The Labute approximate surface area is 150 Å². The normalized spacial score (nSPS) is 10.6. The summed E-state index contributed by atoms with van der Waals surface area (Å²) in [6.07, 6.45) is 0. The summed E-state index contributed by atoms with van der Waals surface area (Å²) in [5, 5.41) is 9.61. The lowest BCUT2D eigenvalue weighted by molar-refractivity contribution is 0.559. The highest BCUT2D eigenvalue weighted by Crippen LogP contribution is 2.34. The van der Waals surface area contributed by atoms with Crippen molar-refractivity contribution in [3.05, 3.63) is 88.1 Å². The Kier molecular flexibility index (Phi) is 3.83. The Morgan fingerprint density at radius 2 is 1.58 bits per heavy atom. The van der Waals surface area contributed by atoms with Crippen molar-refractivity contribution in [3.8, 4) is 40.1 Å². The molecular formula is C22H14N2O2. The molecule has 4 heteroatoms. The van der Waals surface area contributed by atoms with E-state index in [0.29, 0.717) is 28.1 Å². The van der Waals surface area contributed by atoms with Crippen molar-refractivity contribution in [3.63, 3.8) is 0 Å². The number of pyridine rings is 1. The number of hydrogen-bond donors (Lipinski definition) is 0. The first kappa shape index (κ1) is 15.8. The van der Waals surface area contributed by atoms with E-state index < -0.39 is 0 Å². The molecule has 0 saturated heterocycles. The monoisotopic (exact) mass is 338 g/mol. The van der Waals surface area contributed by atoms with Crippen LogP contribution in [0.4, 0.5) is 0 Å². The standard InChI is InChI=1S/C22H14N2O2/c1-14-17(13-23)21(16-10-6-3-7-11-16)26-22-20(14)19(25)12-18(24-22)15-8-4-2-5-9-15/h2-12H,1H3. The molecule has 2 aliphatic rings. The molecule has 0 unspecified atom stereocenters. The van der Waals surface area contributed by atoms with Crippen molar-refractivity contribution in [2.75, 3.05) is 0 Å². The molecule has 0 bridgehead atoms. The summed E-state index contributed by atoms with van der Waals surface area (Å²) in [5.41, 5.74) is 3.25. The van der Waals surface area contributed by atoms with Gasteiger partial charge in [0.25, 0.3) is 0 Å². The van der Waals surface area contributed by atoms with Gasteiger partial charge >= 0.3 is 0 Å². The molecular weight excluding hydrogens is 324 g/mol. The largest absolute Gasteiger partial charge is 0.436 e. The number of hydrogen-bond acceptors (Lipinski definition) is 4. The van der Waals surface area contributed by atoms with E-state index in [4.69, 9.17) is 4.42 Å². The van der Waals surface area contributed by atoms with Crippen LogP contribution in [0.25, 0.3) is 34.0 Å². The molecule has 0 saturated carbocycles. The van der Waals surface area contributed by atoms with Gasteiger partial charge in [-0.3, -0.25) is 4.79 Å². The van der Waals surface area contributed by atoms with Crippen LogP contribution < -0.4 is 5.43 Å². The zero-order chi connectivity index (χ0) is 18.1. The van der Waals surface area contributed by atoms with Gasteiger partial charge < -0.3 is 4.42 Å². The Bertz CT molecular complexity index is 1160. The van der Waals surface area contributed by atoms with E-state index >= 15 is 0 Å². The minimum absolute atomic E-state index is 0.203. The lowest BCUT2D eigenvalue weighted by Crippen LogP contribution is -2.11. The van der Waals surface area contributed by atoms with Gasteiger partial charge in [0, 0.05) is 17.2 Å². The number of benzene rings is 2. The Hall–Kier alpha value is -3.71. The number of nitriles is 1. The van der Waals surface area contributed by atoms with Crippen LogP contribution in [0.2, 0.25) is 0 Å². The molecule has 0 N–H and O–H groups in total. The van der Waals surface area contributed by atoms with Crippen molar-refractivity contribution in [2.45, 2.75) is 6.92 Å². The zero-order valence-corrected chi connectivity index (χ0v) is 14.1. The molecule has 0 amide bonds.